The molecule has 0 saturated carbocycles. The number of carbonyl (C=O) groups is 1. The van der Waals surface area contributed by atoms with E-state index in [0.717, 1.165) is 6.07 Å². The molecule has 0 spiro atoms. The lowest BCUT2D eigenvalue weighted by Crippen LogP contribution is -2.38. The van der Waals surface area contributed by atoms with Crippen LogP contribution in [0.2, 0.25) is 0 Å². The van der Waals surface area contributed by atoms with Gasteiger partial charge in [0.15, 0.2) is 5.69 Å². The predicted octanol–water partition coefficient (Wildman–Crippen LogP) is 4.94. The lowest BCUT2D eigenvalue weighted by Gasteiger charge is -2.30. The highest BCUT2D eigenvalue weighted by atomic mass is 19.4. The Kier molecular flexibility index (Phi) is 5.49. The summed E-state index contributed by atoms with van der Waals surface area (Å²) in [5.41, 5.74) is -0.0618. The van der Waals surface area contributed by atoms with E-state index in [4.69, 9.17) is 9.05 Å². The molecule has 1 aliphatic heterocycles. The maximum atomic E-state index is 13.8. The molecule has 31 heavy (non-hydrogen) atoms. The van der Waals surface area contributed by atoms with Gasteiger partial charge in [0.2, 0.25) is 0 Å². The Morgan fingerprint density at radius 1 is 1.19 bits per heavy atom. The van der Waals surface area contributed by atoms with Crippen LogP contribution in [0.3, 0.4) is 0 Å². The first kappa shape index (κ1) is 21.3. The van der Waals surface area contributed by atoms with E-state index in [9.17, 15) is 18.0 Å². The summed E-state index contributed by atoms with van der Waals surface area (Å²) in [6.07, 6.45) is -2.98. The molecule has 0 atom stereocenters. The van der Waals surface area contributed by atoms with Crippen LogP contribution in [0.5, 0.6) is 0 Å². The van der Waals surface area contributed by atoms with Gasteiger partial charge in [-0.05, 0) is 24.8 Å². The molecule has 0 N–H and O–H groups in total. The number of amides is 1. The number of carbonyl (C=O) groups excluding carboxylic acids is 1. The molecule has 3 aromatic rings. The lowest BCUT2D eigenvalue weighted by atomic mass is 9.90. The van der Waals surface area contributed by atoms with E-state index in [-0.39, 0.29) is 40.2 Å². The van der Waals surface area contributed by atoms with Gasteiger partial charge in [-0.15, -0.1) is 0 Å². The third kappa shape index (κ3) is 4.03. The summed E-state index contributed by atoms with van der Waals surface area (Å²) in [6.45, 7) is 6.21. The molecule has 10 heteroatoms. The van der Waals surface area contributed by atoms with Crippen molar-refractivity contribution in [1.29, 1.82) is 0 Å². The van der Waals surface area contributed by atoms with Crippen molar-refractivity contribution in [3.63, 3.8) is 0 Å². The summed E-state index contributed by atoms with van der Waals surface area (Å²) < 4.78 is 51.7. The number of fused-ring (bicyclic) bond motifs is 1. The van der Waals surface area contributed by atoms with E-state index in [1.165, 1.54) is 0 Å². The van der Waals surface area contributed by atoms with E-state index in [2.05, 4.69) is 15.3 Å². The highest BCUT2D eigenvalue weighted by Crippen LogP contribution is 2.41. The predicted molar refractivity (Wildman–Crippen MR) is 105 cm³/mol. The lowest BCUT2D eigenvalue weighted by molar-refractivity contribution is -0.136. The number of alkyl halides is 3. The molecule has 0 unspecified atom stereocenters. The Bertz CT molecular complexity index is 1100. The van der Waals surface area contributed by atoms with Crippen LogP contribution >= 0.6 is 0 Å². The Morgan fingerprint density at radius 3 is 2.48 bits per heavy atom. The van der Waals surface area contributed by atoms with Crippen LogP contribution in [0.15, 0.2) is 21.2 Å². The molecule has 0 aliphatic carbocycles. The van der Waals surface area contributed by atoms with Crippen molar-refractivity contribution in [3.05, 3.63) is 40.5 Å². The first-order valence-corrected chi connectivity index (χ1v) is 10.3. The number of hydrogen-bond acceptors (Lipinski definition) is 6. The van der Waals surface area contributed by atoms with E-state index in [1.807, 2.05) is 6.92 Å². The fourth-order valence-corrected chi connectivity index (χ4v) is 3.89. The second kappa shape index (κ2) is 7.97. The maximum absolute atomic E-state index is 13.8. The smallest absolute Gasteiger partial charge is 0.361 e. The van der Waals surface area contributed by atoms with Crippen molar-refractivity contribution in [1.82, 2.24) is 20.2 Å². The molecule has 4 heterocycles. The average molecular weight is 436 g/mol. The molecule has 1 aliphatic rings. The summed E-state index contributed by atoms with van der Waals surface area (Å²) in [6, 6.07) is 2.70. The van der Waals surface area contributed by atoms with E-state index < -0.39 is 11.7 Å². The fraction of sp³-hybridized carbons (Fsp3) is 0.524. The molecule has 1 fully saturated rings. The van der Waals surface area contributed by atoms with Crippen LogP contribution in [-0.2, 0) is 12.6 Å². The van der Waals surface area contributed by atoms with Crippen molar-refractivity contribution < 1.29 is 27.0 Å². The minimum Gasteiger partial charge on any atom is -0.361 e. The van der Waals surface area contributed by atoms with Gasteiger partial charge >= 0.3 is 6.18 Å². The van der Waals surface area contributed by atoms with Gasteiger partial charge in [0.1, 0.15) is 5.76 Å². The second-order valence-corrected chi connectivity index (χ2v) is 8.09. The molecule has 0 aromatic carbocycles. The second-order valence-electron chi connectivity index (χ2n) is 8.09. The quantitative estimate of drug-likeness (QED) is 0.576. The Labute approximate surface area is 176 Å². The van der Waals surface area contributed by atoms with Crippen LogP contribution in [0, 0.1) is 0 Å². The van der Waals surface area contributed by atoms with Gasteiger partial charge in [-0.3, -0.25) is 4.79 Å². The Balaban J connectivity index is 1.58. The number of nitrogens with zero attached hydrogens (tertiary/aromatic N) is 4. The molecule has 4 rings (SSSR count). The van der Waals surface area contributed by atoms with Gasteiger partial charge in [-0.2, -0.15) is 13.2 Å². The molecule has 0 radical (unpaired) electrons. The van der Waals surface area contributed by atoms with Crippen LogP contribution in [0.25, 0.3) is 11.1 Å². The Morgan fingerprint density at radius 2 is 1.90 bits per heavy atom. The Hall–Kier alpha value is -2.91. The van der Waals surface area contributed by atoms with Crippen molar-refractivity contribution in [2.45, 2.75) is 58.0 Å². The maximum Gasteiger partial charge on any atom is 0.417 e. The molecule has 1 amide bonds. The topological polar surface area (TPSA) is 85.3 Å². The third-order valence-corrected chi connectivity index (χ3v) is 5.69. The normalized spacial score (nSPS) is 15.9. The van der Waals surface area contributed by atoms with Gasteiger partial charge in [0, 0.05) is 37.2 Å². The molecule has 3 aromatic heterocycles. The van der Waals surface area contributed by atoms with E-state index in [1.54, 1.807) is 24.8 Å². The van der Waals surface area contributed by atoms with E-state index in [0.29, 0.717) is 43.8 Å². The molecular weight excluding hydrogens is 413 g/mol. The zero-order valence-corrected chi connectivity index (χ0v) is 17.5. The van der Waals surface area contributed by atoms with E-state index >= 15 is 0 Å². The van der Waals surface area contributed by atoms with Gasteiger partial charge in [0.05, 0.1) is 16.6 Å². The van der Waals surface area contributed by atoms with Gasteiger partial charge in [-0.1, -0.05) is 31.1 Å². The zero-order chi connectivity index (χ0) is 22.3. The molecule has 1 saturated heterocycles. The highest BCUT2D eigenvalue weighted by molar-refractivity contribution is 5.92. The number of rotatable bonds is 4. The average Bonchev–Trinajstić information content (AvgIpc) is 3.39. The number of aryl methyl sites for hydroxylation is 1. The monoisotopic (exact) mass is 436 g/mol. The first-order chi connectivity index (χ1) is 14.7. The number of aromatic nitrogens is 3. The van der Waals surface area contributed by atoms with Crippen molar-refractivity contribution in [2.24, 2.45) is 0 Å². The molecular formula is C21H23F3N4O3. The number of halogens is 3. The van der Waals surface area contributed by atoms with Crippen LogP contribution in [0.4, 0.5) is 13.2 Å². The summed E-state index contributed by atoms with van der Waals surface area (Å²) in [4.78, 5) is 18.5. The van der Waals surface area contributed by atoms with Crippen LogP contribution < -0.4 is 0 Å². The minimum absolute atomic E-state index is 0.0780. The largest absolute Gasteiger partial charge is 0.417 e. The number of piperidine rings is 1. The van der Waals surface area contributed by atoms with Gasteiger partial charge in [-0.25, -0.2) is 4.98 Å². The zero-order valence-electron chi connectivity index (χ0n) is 17.5. The van der Waals surface area contributed by atoms with Gasteiger partial charge in [0.25, 0.3) is 11.6 Å². The summed E-state index contributed by atoms with van der Waals surface area (Å²) in [5, 5.41) is 7.70. The van der Waals surface area contributed by atoms with Crippen molar-refractivity contribution in [2.75, 3.05) is 13.1 Å². The minimum atomic E-state index is -4.55. The number of likely N-dealkylation sites (tertiary alicyclic amines) is 1. The van der Waals surface area contributed by atoms with Crippen LogP contribution in [-0.4, -0.2) is 39.2 Å². The third-order valence-electron chi connectivity index (χ3n) is 5.69. The van der Waals surface area contributed by atoms with Gasteiger partial charge < -0.3 is 13.9 Å². The number of pyridine rings is 1. The summed E-state index contributed by atoms with van der Waals surface area (Å²) in [7, 11) is 0. The first-order valence-electron chi connectivity index (χ1n) is 10.3. The van der Waals surface area contributed by atoms with Crippen molar-refractivity contribution >= 4 is 17.0 Å². The highest BCUT2D eigenvalue weighted by Gasteiger charge is 2.38. The van der Waals surface area contributed by atoms with Crippen molar-refractivity contribution in [3.8, 4) is 0 Å². The molecule has 0 bridgehead atoms. The van der Waals surface area contributed by atoms with Crippen LogP contribution in [0.1, 0.15) is 78.6 Å². The molecule has 166 valence electrons. The SMILES string of the molecule is CCc1cc(C(=O)N2CCC(c3noc4nc(C(C)C)cc(C(F)(F)F)c34)CC2)no1. The standard InChI is InChI=1S/C21H23F3N4O3/c1-4-13-9-16(26-30-13)20(29)28-7-5-12(6-8-28)18-17-14(21(22,23)24)10-15(11(2)3)25-19(17)31-27-18/h9-12H,4-8H2,1-3H3. The summed E-state index contributed by atoms with van der Waals surface area (Å²) >= 11 is 0. The summed E-state index contributed by atoms with van der Waals surface area (Å²) in [5.74, 6) is -0.0638. The fourth-order valence-electron chi connectivity index (χ4n) is 3.89. The number of hydrogen-bond donors (Lipinski definition) is 0. The molecule has 7 nitrogen and oxygen atoms in total.